The number of benzene rings is 2. The normalized spacial score (nSPS) is 16.7. The zero-order chi connectivity index (χ0) is 18.0. The highest BCUT2D eigenvalue weighted by atomic mass is 14.3. The molecule has 0 aliphatic heterocycles. The quantitative estimate of drug-likeness (QED) is 0.525. The molecule has 0 heteroatoms. The van der Waals surface area contributed by atoms with Gasteiger partial charge in [-0.1, -0.05) is 102 Å². The van der Waals surface area contributed by atoms with Gasteiger partial charge in [-0.3, -0.25) is 0 Å². The predicted molar refractivity (Wildman–Crippen MR) is 111 cm³/mol. The van der Waals surface area contributed by atoms with Crippen molar-refractivity contribution in [3.63, 3.8) is 0 Å². The van der Waals surface area contributed by atoms with Crippen molar-refractivity contribution in [1.29, 1.82) is 0 Å². The van der Waals surface area contributed by atoms with Gasteiger partial charge in [0, 0.05) is 5.92 Å². The minimum Gasteiger partial charge on any atom is -0.0653 e. The minimum absolute atomic E-state index is 0.206. The van der Waals surface area contributed by atoms with Gasteiger partial charge in [-0.25, -0.2) is 0 Å². The van der Waals surface area contributed by atoms with Crippen molar-refractivity contribution >= 4 is 6.08 Å². The Hall–Kier alpha value is -1.82. The van der Waals surface area contributed by atoms with Crippen LogP contribution in [0, 0.1) is 0 Å². The van der Waals surface area contributed by atoms with Crippen LogP contribution in [0.5, 0.6) is 0 Å². The van der Waals surface area contributed by atoms with Crippen molar-refractivity contribution in [1.82, 2.24) is 0 Å². The summed E-state index contributed by atoms with van der Waals surface area (Å²) in [5, 5.41) is 0. The maximum Gasteiger partial charge on any atom is 0.00634 e. The van der Waals surface area contributed by atoms with E-state index in [9.17, 15) is 0 Å². The van der Waals surface area contributed by atoms with E-state index in [1.807, 2.05) is 0 Å². The zero-order valence-corrected chi connectivity index (χ0v) is 16.5. The summed E-state index contributed by atoms with van der Waals surface area (Å²) < 4.78 is 0. The molecule has 0 radical (unpaired) electrons. The summed E-state index contributed by atoms with van der Waals surface area (Å²) >= 11 is 0. The molecule has 1 unspecified atom stereocenters. The van der Waals surface area contributed by atoms with Crippen molar-refractivity contribution < 1.29 is 0 Å². The van der Waals surface area contributed by atoms with Crippen LogP contribution in [0.4, 0.5) is 0 Å². The number of fused-ring (bicyclic) bond motifs is 1. The fraction of sp³-hybridized carbons (Fsp3) is 0.440. The lowest BCUT2D eigenvalue weighted by Crippen LogP contribution is -2.10. The van der Waals surface area contributed by atoms with Gasteiger partial charge in [0.05, 0.1) is 0 Å². The summed E-state index contributed by atoms with van der Waals surface area (Å²) in [7, 11) is 0. The predicted octanol–water partition coefficient (Wildman–Crippen LogP) is 7.73. The van der Waals surface area contributed by atoms with Crippen LogP contribution in [0.3, 0.4) is 0 Å². The smallest absolute Gasteiger partial charge is 0.00634 e. The molecule has 1 aliphatic carbocycles. The SMILES string of the molecule is CCCC1=Cc2cccc(-c3ccc(C(C)(C)C)cc3)c2C1CCC. The van der Waals surface area contributed by atoms with Crippen molar-refractivity contribution in [2.75, 3.05) is 0 Å². The van der Waals surface area contributed by atoms with Gasteiger partial charge in [-0.15, -0.1) is 0 Å². The molecule has 1 aliphatic rings. The van der Waals surface area contributed by atoms with Crippen LogP contribution in [-0.4, -0.2) is 0 Å². The molecule has 0 saturated heterocycles. The average Bonchev–Trinajstić information content (AvgIpc) is 2.93. The van der Waals surface area contributed by atoms with E-state index >= 15 is 0 Å². The Morgan fingerprint density at radius 1 is 0.880 bits per heavy atom. The maximum atomic E-state index is 2.46. The third-order valence-corrected chi connectivity index (χ3v) is 5.45. The minimum atomic E-state index is 0.206. The monoisotopic (exact) mass is 332 g/mol. The Morgan fingerprint density at radius 3 is 2.20 bits per heavy atom. The van der Waals surface area contributed by atoms with Gasteiger partial charge in [0.25, 0.3) is 0 Å². The van der Waals surface area contributed by atoms with Gasteiger partial charge >= 0.3 is 0 Å². The van der Waals surface area contributed by atoms with E-state index in [4.69, 9.17) is 0 Å². The molecule has 2 aromatic rings. The van der Waals surface area contributed by atoms with Gasteiger partial charge in [0.1, 0.15) is 0 Å². The first kappa shape index (κ1) is 18.0. The summed E-state index contributed by atoms with van der Waals surface area (Å²) in [6, 6.07) is 16.1. The number of rotatable bonds is 5. The lowest BCUT2D eigenvalue weighted by atomic mass is 9.83. The van der Waals surface area contributed by atoms with Crippen LogP contribution in [0.2, 0.25) is 0 Å². The zero-order valence-electron chi connectivity index (χ0n) is 16.5. The summed E-state index contributed by atoms with van der Waals surface area (Å²) in [6.45, 7) is 11.4. The molecule has 132 valence electrons. The molecule has 0 nitrogen and oxygen atoms in total. The lowest BCUT2D eigenvalue weighted by molar-refractivity contribution is 0.590. The van der Waals surface area contributed by atoms with E-state index < -0.39 is 0 Å². The van der Waals surface area contributed by atoms with Gasteiger partial charge in [0.15, 0.2) is 0 Å². The Morgan fingerprint density at radius 2 is 1.60 bits per heavy atom. The van der Waals surface area contributed by atoms with E-state index in [2.05, 4.69) is 83.2 Å². The number of allylic oxidation sites excluding steroid dienone is 1. The average molecular weight is 333 g/mol. The number of hydrogen-bond acceptors (Lipinski definition) is 0. The van der Waals surface area contributed by atoms with Gasteiger partial charge in [-0.2, -0.15) is 0 Å². The van der Waals surface area contributed by atoms with E-state index in [-0.39, 0.29) is 5.41 Å². The molecule has 0 saturated carbocycles. The van der Waals surface area contributed by atoms with Crippen molar-refractivity contribution in [2.24, 2.45) is 0 Å². The molecular weight excluding hydrogens is 300 g/mol. The topological polar surface area (TPSA) is 0 Å². The molecule has 2 aromatic carbocycles. The molecule has 3 rings (SSSR count). The molecule has 0 amide bonds. The van der Waals surface area contributed by atoms with E-state index in [1.54, 1.807) is 11.1 Å². The molecule has 0 heterocycles. The molecule has 1 atom stereocenters. The van der Waals surface area contributed by atoms with Crippen molar-refractivity contribution in [2.45, 2.75) is 71.6 Å². The Kier molecular flexibility index (Phi) is 5.18. The lowest BCUT2D eigenvalue weighted by Gasteiger charge is -2.21. The van der Waals surface area contributed by atoms with Crippen LogP contribution in [0.25, 0.3) is 17.2 Å². The summed E-state index contributed by atoms with van der Waals surface area (Å²) in [6.07, 6.45) is 7.42. The van der Waals surface area contributed by atoms with Gasteiger partial charge < -0.3 is 0 Å². The second-order valence-corrected chi connectivity index (χ2v) is 8.45. The van der Waals surface area contributed by atoms with Crippen LogP contribution >= 0.6 is 0 Å². The van der Waals surface area contributed by atoms with Gasteiger partial charge in [0.2, 0.25) is 0 Å². The van der Waals surface area contributed by atoms with E-state index in [1.165, 1.54) is 47.9 Å². The van der Waals surface area contributed by atoms with Crippen LogP contribution in [0.1, 0.15) is 82.9 Å². The summed E-state index contributed by atoms with van der Waals surface area (Å²) in [5.74, 6) is 0.610. The second kappa shape index (κ2) is 7.20. The maximum absolute atomic E-state index is 2.46. The van der Waals surface area contributed by atoms with Gasteiger partial charge in [-0.05, 0) is 46.1 Å². The van der Waals surface area contributed by atoms with Crippen molar-refractivity contribution in [3.8, 4) is 11.1 Å². The Labute approximate surface area is 154 Å². The highest BCUT2D eigenvalue weighted by molar-refractivity contribution is 5.79. The largest absolute Gasteiger partial charge is 0.0653 e. The van der Waals surface area contributed by atoms with E-state index in [0.717, 1.165) is 0 Å². The third-order valence-electron chi connectivity index (χ3n) is 5.45. The molecule has 25 heavy (non-hydrogen) atoms. The van der Waals surface area contributed by atoms with E-state index in [0.29, 0.717) is 5.92 Å². The van der Waals surface area contributed by atoms with Crippen LogP contribution < -0.4 is 0 Å². The van der Waals surface area contributed by atoms with Crippen molar-refractivity contribution in [3.05, 3.63) is 64.7 Å². The molecule has 0 aromatic heterocycles. The first-order valence-electron chi connectivity index (χ1n) is 9.90. The van der Waals surface area contributed by atoms with Crippen LogP contribution in [0.15, 0.2) is 48.0 Å². The standard InChI is InChI=1S/C25H32/c1-6-9-19-17-20-11-8-12-23(24(20)22(19)10-7-2)18-13-15-21(16-14-18)25(3,4)5/h8,11-17,22H,6-7,9-10H2,1-5H3. The molecule has 0 N–H and O–H groups in total. The Balaban J connectivity index is 2.03. The molecule has 0 fully saturated rings. The molecule has 0 spiro atoms. The summed E-state index contributed by atoms with van der Waals surface area (Å²) in [5.41, 5.74) is 9.04. The first-order valence-corrected chi connectivity index (χ1v) is 9.90. The highest BCUT2D eigenvalue weighted by Crippen LogP contribution is 2.46. The third kappa shape index (κ3) is 3.59. The van der Waals surface area contributed by atoms with Crippen LogP contribution in [-0.2, 0) is 5.41 Å². The highest BCUT2D eigenvalue weighted by Gasteiger charge is 2.27. The summed E-state index contributed by atoms with van der Waals surface area (Å²) in [4.78, 5) is 0. The Bertz CT molecular complexity index is 754. The fourth-order valence-corrected chi connectivity index (χ4v) is 4.14. The second-order valence-electron chi connectivity index (χ2n) is 8.45. The first-order chi connectivity index (χ1) is 12.0. The molecule has 0 bridgehead atoms. The fourth-order valence-electron chi connectivity index (χ4n) is 4.14. The number of hydrogen-bond donors (Lipinski definition) is 0. The molecular formula is C25H32.